The van der Waals surface area contributed by atoms with Crippen molar-refractivity contribution in [3.8, 4) is 0 Å². The lowest BCUT2D eigenvalue weighted by Crippen LogP contribution is -2.49. The van der Waals surface area contributed by atoms with E-state index in [2.05, 4.69) is 10.6 Å². The molecule has 0 bridgehead atoms. The lowest BCUT2D eigenvalue weighted by molar-refractivity contribution is -0.00951. The zero-order valence-electron chi connectivity index (χ0n) is 12.2. The van der Waals surface area contributed by atoms with Crippen LogP contribution in [-0.4, -0.2) is 44.0 Å². The van der Waals surface area contributed by atoms with Gasteiger partial charge in [-0.05, 0) is 45.4 Å². The van der Waals surface area contributed by atoms with Crippen LogP contribution < -0.4 is 10.6 Å². The number of carbonyl (C=O) groups excluding carboxylic acids is 1. The third kappa shape index (κ3) is 4.66. The number of rotatable bonds is 5. The first kappa shape index (κ1) is 14.6. The van der Waals surface area contributed by atoms with Crippen LogP contribution in [0.25, 0.3) is 0 Å². The van der Waals surface area contributed by atoms with E-state index in [1.807, 2.05) is 13.8 Å². The summed E-state index contributed by atoms with van der Waals surface area (Å²) in [5.41, 5.74) is -0.330. The molecule has 2 N–H and O–H groups in total. The summed E-state index contributed by atoms with van der Waals surface area (Å²) in [6.45, 7) is 5.16. The zero-order valence-corrected chi connectivity index (χ0v) is 12.2. The molecule has 2 aliphatic rings. The number of ether oxygens (including phenoxy) is 2. The van der Waals surface area contributed by atoms with E-state index in [0.717, 1.165) is 25.4 Å². The van der Waals surface area contributed by atoms with Gasteiger partial charge < -0.3 is 20.1 Å². The predicted molar refractivity (Wildman–Crippen MR) is 73.1 cm³/mol. The number of hydrogen-bond acceptors (Lipinski definition) is 3. The first-order valence-corrected chi connectivity index (χ1v) is 7.21. The smallest absolute Gasteiger partial charge is 0.315 e. The van der Waals surface area contributed by atoms with Gasteiger partial charge >= 0.3 is 6.03 Å². The Balaban J connectivity index is 1.69. The molecule has 0 aromatic rings. The Morgan fingerprint density at radius 2 is 2.11 bits per heavy atom. The third-order valence-corrected chi connectivity index (χ3v) is 4.03. The lowest BCUT2D eigenvalue weighted by Gasteiger charge is -2.31. The molecule has 5 heteroatoms. The average molecular weight is 270 g/mol. The van der Waals surface area contributed by atoms with Gasteiger partial charge in [-0.1, -0.05) is 0 Å². The van der Waals surface area contributed by atoms with Crippen LogP contribution in [0.4, 0.5) is 4.79 Å². The van der Waals surface area contributed by atoms with Gasteiger partial charge in [0.15, 0.2) is 0 Å². The number of hydrogen-bond donors (Lipinski definition) is 2. The Hall–Kier alpha value is -0.810. The van der Waals surface area contributed by atoms with Gasteiger partial charge in [0.2, 0.25) is 0 Å². The van der Waals surface area contributed by atoms with Gasteiger partial charge in [-0.25, -0.2) is 4.79 Å². The molecule has 2 amide bonds. The van der Waals surface area contributed by atoms with Gasteiger partial charge in [-0.3, -0.25) is 0 Å². The first-order valence-electron chi connectivity index (χ1n) is 7.21. The van der Waals surface area contributed by atoms with Crippen molar-refractivity contribution >= 4 is 6.03 Å². The number of urea groups is 1. The summed E-state index contributed by atoms with van der Waals surface area (Å²) in [6, 6.07) is 0.136. The van der Waals surface area contributed by atoms with Gasteiger partial charge in [-0.15, -0.1) is 0 Å². The van der Waals surface area contributed by atoms with E-state index < -0.39 is 0 Å². The largest absolute Gasteiger partial charge is 0.378 e. The highest BCUT2D eigenvalue weighted by atomic mass is 16.5. The predicted octanol–water partition coefficient (Wildman–Crippen LogP) is 1.67. The van der Waals surface area contributed by atoms with Crippen LogP contribution in [0.1, 0.15) is 39.5 Å². The van der Waals surface area contributed by atoms with Crippen LogP contribution in [0.2, 0.25) is 0 Å². The maximum Gasteiger partial charge on any atom is 0.315 e. The molecular weight excluding hydrogens is 244 g/mol. The van der Waals surface area contributed by atoms with E-state index >= 15 is 0 Å². The molecule has 0 aromatic carbocycles. The monoisotopic (exact) mass is 270 g/mol. The normalized spacial score (nSPS) is 27.9. The van der Waals surface area contributed by atoms with Crippen LogP contribution in [0.3, 0.4) is 0 Å². The second kappa shape index (κ2) is 6.09. The molecule has 1 heterocycles. The molecule has 0 spiro atoms. The first-order chi connectivity index (χ1) is 9.00. The quantitative estimate of drug-likeness (QED) is 0.799. The Labute approximate surface area is 115 Å². The molecule has 1 aliphatic heterocycles. The van der Waals surface area contributed by atoms with Crippen molar-refractivity contribution in [3.05, 3.63) is 0 Å². The summed E-state index contributed by atoms with van der Waals surface area (Å²) in [5.74, 6) is 0.736. The fourth-order valence-corrected chi connectivity index (χ4v) is 2.36. The summed E-state index contributed by atoms with van der Waals surface area (Å²) >= 11 is 0. The lowest BCUT2D eigenvalue weighted by atomic mass is 10.0. The molecule has 110 valence electrons. The highest BCUT2D eigenvalue weighted by Crippen LogP contribution is 2.38. The molecule has 0 unspecified atom stereocenters. The SMILES string of the molecule is COC(C)(C)CNC(=O)N[C@@H]1CCO[C@@H](C2CC2)C1. The standard InChI is InChI=1S/C14H26N2O3/c1-14(2,18-3)9-15-13(17)16-11-6-7-19-12(8-11)10-4-5-10/h10-12H,4-9H2,1-3H3,(H2,15,16,17)/t11-,12-/m1/s1. The maximum atomic E-state index is 11.8. The Morgan fingerprint density at radius 3 is 2.74 bits per heavy atom. The third-order valence-electron chi connectivity index (χ3n) is 4.03. The van der Waals surface area contributed by atoms with Crippen molar-refractivity contribution in [1.82, 2.24) is 10.6 Å². The molecule has 2 rings (SSSR count). The topological polar surface area (TPSA) is 59.6 Å². The Morgan fingerprint density at radius 1 is 1.37 bits per heavy atom. The van der Waals surface area contributed by atoms with Crippen molar-refractivity contribution in [2.24, 2.45) is 5.92 Å². The van der Waals surface area contributed by atoms with E-state index in [9.17, 15) is 4.79 Å². The molecule has 0 radical (unpaired) electrons. The molecule has 2 atom stereocenters. The van der Waals surface area contributed by atoms with E-state index in [0.29, 0.717) is 12.6 Å². The zero-order chi connectivity index (χ0) is 13.9. The summed E-state index contributed by atoms with van der Waals surface area (Å²) in [7, 11) is 1.65. The van der Waals surface area contributed by atoms with E-state index in [1.165, 1.54) is 12.8 Å². The van der Waals surface area contributed by atoms with Gasteiger partial charge in [-0.2, -0.15) is 0 Å². The highest BCUT2D eigenvalue weighted by molar-refractivity contribution is 5.74. The summed E-state index contributed by atoms with van der Waals surface area (Å²) in [4.78, 5) is 11.8. The molecule has 1 saturated carbocycles. The fourth-order valence-electron chi connectivity index (χ4n) is 2.36. The fraction of sp³-hybridized carbons (Fsp3) is 0.929. The molecule has 0 aromatic heterocycles. The molecule has 1 aliphatic carbocycles. The van der Waals surface area contributed by atoms with Crippen molar-refractivity contribution < 1.29 is 14.3 Å². The molecular formula is C14H26N2O3. The number of nitrogens with one attached hydrogen (secondary N) is 2. The molecule has 5 nitrogen and oxygen atoms in total. The molecule has 19 heavy (non-hydrogen) atoms. The number of carbonyl (C=O) groups is 1. The van der Waals surface area contributed by atoms with E-state index in [-0.39, 0.29) is 17.7 Å². The average Bonchev–Trinajstić information content (AvgIpc) is 3.21. The van der Waals surface area contributed by atoms with E-state index in [1.54, 1.807) is 7.11 Å². The van der Waals surface area contributed by atoms with Crippen LogP contribution in [0.15, 0.2) is 0 Å². The van der Waals surface area contributed by atoms with Crippen molar-refractivity contribution in [2.75, 3.05) is 20.3 Å². The second-order valence-electron chi connectivity index (χ2n) is 6.26. The van der Waals surface area contributed by atoms with Gasteiger partial charge in [0.25, 0.3) is 0 Å². The van der Waals surface area contributed by atoms with Crippen LogP contribution in [0, 0.1) is 5.92 Å². The van der Waals surface area contributed by atoms with Crippen LogP contribution >= 0.6 is 0 Å². The molecule has 1 saturated heterocycles. The minimum atomic E-state index is -0.330. The summed E-state index contributed by atoms with van der Waals surface area (Å²) < 4.78 is 11.0. The van der Waals surface area contributed by atoms with Crippen LogP contribution in [-0.2, 0) is 9.47 Å². The van der Waals surface area contributed by atoms with Gasteiger partial charge in [0.1, 0.15) is 0 Å². The minimum Gasteiger partial charge on any atom is -0.378 e. The van der Waals surface area contributed by atoms with Crippen molar-refractivity contribution in [1.29, 1.82) is 0 Å². The molecule has 2 fully saturated rings. The van der Waals surface area contributed by atoms with E-state index in [4.69, 9.17) is 9.47 Å². The second-order valence-corrected chi connectivity index (χ2v) is 6.26. The number of methoxy groups -OCH3 is 1. The summed E-state index contributed by atoms with van der Waals surface area (Å²) in [6.07, 6.45) is 4.78. The number of amides is 2. The Kier molecular flexibility index (Phi) is 4.68. The van der Waals surface area contributed by atoms with Crippen LogP contribution in [0.5, 0.6) is 0 Å². The summed E-state index contributed by atoms with van der Waals surface area (Å²) in [5, 5.41) is 5.91. The maximum absolute atomic E-state index is 11.8. The highest BCUT2D eigenvalue weighted by Gasteiger charge is 2.36. The van der Waals surface area contributed by atoms with Crippen molar-refractivity contribution in [3.63, 3.8) is 0 Å². The minimum absolute atomic E-state index is 0.105. The van der Waals surface area contributed by atoms with Crippen molar-refractivity contribution in [2.45, 2.75) is 57.3 Å². The van der Waals surface area contributed by atoms with Gasteiger partial charge in [0.05, 0.1) is 11.7 Å². The Bertz CT molecular complexity index is 316. The van der Waals surface area contributed by atoms with Gasteiger partial charge in [0, 0.05) is 26.3 Å².